The van der Waals surface area contributed by atoms with Gasteiger partial charge in [-0.05, 0) is 36.8 Å². The van der Waals surface area contributed by atoms with Crippen LogP contribution < -0.4 is 0 Å². The van der Waals surface area contributed by atoms with E-state index in [1.54, 1.807) is 0 Å². The van der Waals surface area contributed by atoms with Crippen molar-refractivity contribution in [3.8, 4) is 0 Å². The minimum atomic E-state index is 0.181. The monoisotopic (exact) mass is 367 g/mol. The van der Waals surface area contributed by atoms with Crippen molar-refractivity contribution in [1.82, 2.24) is 15.2 Å². The summed E-state index contributed by atoms with van der Waals surface area (Å²) in [4.78, 5) is 2.33. The number of hydrogen-bond acceptors (Lipinski definition) is 5. The quantitative estimate of drug-likeness (QED) is 0.599. The van der Waals surface area contributed by atoms with Crippen LogP contribution in [0, 0.1) is 13.8 Å². The Labute approximate surface area is 161 Å². The molecule has 144 valence electrons. The number of rotatable bonds is 7. The molecule has 0 fully saturated rings. The van der Waals surface area contributed by atoms with Gasteiger partial charge in [-0.3, -0.25) is 4.90 Å². The Morgan fingerprint density at radius 2 is 1.37 bits per heavy atom. The minimum Gasteiger partial charge on any atom is -0.361 e. The third-order valence-corrected chi connectivity index (χ3v) is 4.66. The molecule has 3 rings (SSSR count). The molecule has 0 bridgehead atoms. The fraction of sp³-hybridized carbons (Fsp3) is 0.455. The van der Waals surface area contributed by atoms with Crippen molar-refractivity contribution in [3.63, 3.8) is 0 Å². The van der Waals surface area contributed by atoms with E-state index in [4.69, 9.17) is 9.05 Å². The Balaban J connectivity index is 1.66. The van der Waals surface area contributed by atoms with Crippen molar-refractivity contribution in [2.24, 2.45) is 0 Å². The number of benzene rings is 1. The number of aromatic nitrogens is 2. The third kappa shape index (κ3) is 5.54. The van der Waals surface area contributed by atoms with Gasteiger partial charge in [-0.15, -0.1) is 0 Å². The van der Waals surface area contributed by atoms with E-state index in [9.17, 15) is 0 Å². The van der Waals surface area contributed by atoms with Crippen LogP contribution in [0.2, 0.25) is 0 Å². The summed E-state index contributed by atoms with van der Waals surface area (Å²) in [6.45, 7) is 12.9. The average molecular weight is 367 g/mol. The molecule has 5 heteroatoms. The summed E-state index contributed by atoms with van der Waals surface area (Å²) in [5.41, 5.74) is 4.76. The highest BCUT2D eigenvalue weighted by atomic mass is 16.5. The van der Waals surface area contributed by atoms with Gasteiger partial charge < -0.3 is 9.05 Å². The Morgan fingerprint density at radius 1 is 0.852 bits per heavy atom. The fourth-order valence-corrected chi connectivity index (χ4v) is 3.12. The van der Waals surface area contributed by atoms with Crippen LogP contribution in [0.5, 0.6) is 0 Å². The van der Waals surface area contributed by atoms with Gasteiger partial charge in [-0.1, -0.05) is 55.4 Å². The van der Waals surface area contributed by atoms with E-state index in [1.807, 2.05) is 26.0 Å². The molecule has 5 nitrogen and oxygen atoms in total. The normalized spacial score (nSPS) is 12.1. The first-order valence-electron chi connectivity index (χ1n) is 9.46. The summed E-state index contributed by atoms with van der Waals surface area (Å²) in [6.07, 6.45) is 0.970. The first-order valence-corrected chi connectivity index (χ1v) is 9.46. The standard InChI is InChI=1S/C22H29N3O2/c1-16-12-20(23-26-16)14-25(15-21-13-17(2)27-24-21)11-10-18-6-8-19(9-7-18)22(3,4)5/h6-9,12-13H,10-11,14-15H2,1-5H3. The largest absolute Gasteiger partial charge is 0.361 e. The van der Waals surface area contributed by atoms with Crippen molar-refractivity contribution in [1.29, 1.82) is 0 Å². The smallest absolute Gasteiger partial charge is 0.133 e. The molecular formula is C22H29N3O2. The van der Waals surface area contributed by atoms with Crippen LogP contribution in [0.3, 0.4) is 0 Å². The van der Waals surface area contributed by atoms with Gasteiger partial charge in [0.1, 0.15) is 11.5 Å². The maximum atomic E-state index is 5.22. The lowest BCUT2D eigenvalue weighted by Crippen LogP contribution is -2.25. The predicted molar refractivity (Wildman–Crippen MR) is 105 cm³/mol. The number of hydrogen-bond donors (Lipinski definition) is 0. The molecule has 2 heterocycles. The lowest BCUT2D eigenvalue weighted by atomic mass is 9.86. The molecule has 0 radical (unpaired) electrons. The van der Waals surface area contributed by atoms with Crippen LogP contribution in [-0.4, -0.2) is 21.8 Å². The maximum absolute atomic E-state index is 5.22. The van der Waals surface area contributed by atoms with Gasteiger partial charge in [-0.25, -0.2) is 0 Å². The van der Waals surface area contributed by atoms with Crippen LogP contribution in [-0.2, 0) is 24.9 Å². The van der Waals surface area contributed by atoms with Crippen LogP contribution in [0.25, 0.3) is 0 Å². The summed E-state index contributed by atoms with van der Waals surface area (Å²) in [6, 6.07) is 12.9. The van der Waals surface area contributed by atoms with Crippen molar-refractivity contribution in [2.45, 2.75) is 59.5 Å². The number of nitrogens with zero attached hydrogens (tertiary/aromatic N) is 3. The van der Waals surface area contributed by atoms with Crippen molar-refractivity contribution < 1.29 is 9.05 Å². The molecular weight excluding hydrogens is 338 g/mol. The summed E-state index contributed by atoms with van der Waals surface area (Å²) in [7, 11) is 0. The van der Waals surface area contributed by atoms with E-state index >= 15 is 0 Å². The zero-order valence-corrected chi connectivity index (χ0v) is 17.0. The molecule has 0 aliphatic rings. The first kappa shape index (κ1) is 19.4. The fourth-order valence-electron chi connectivity index (χ4n) is 3.12. The summed E-state index contributed by atoms with van der Waals surface area (Å²) in [5.74, 6) is 1.67. The summed E-state index contributed by atoms with van der Waals surface area (Å²) >= 11 is 0. The molecule has 0 amide bonds. The zero-order valence-electron chi connectivity index (χ0n) is 17.0. The lowest BCUT2D eigenvalue weighted by Gasteiger charge is -2.21. The second kappa shape index (κ2) is 8.09. The second-order valence-corrected chi connectivity index (χ2v) is 8.27. The SMILES string of the molecule is Cc1cc(CN(CCc2ccc(C(C)(C)C)cc2)Cc2cc(C)on2)no1. The molecule has 0 saturated heterocycles. The topological polar surface area (TPSA) is 55.3 Å². The molecule has 3 aromatic rings. The van der Waals surface area contributed by atoms with E-state index in [0.29, 0.717) is 0 Å². The molecule has 0 atom stereocenters. The van der Waals surface area contributed by atoms with Crippen LogP contribution >= 0.6 is 0 Å². The van der Waals surface area contributed by atoms with Gasteiger partial charge in [-0.2, -0.15) is 0 Å². The zero-order chi connectivity index (χ0) is 19.4. The molecule has 0 saturated carbocycles. The van der Waals surface area contributed by atoms with Gasteiger partial charge in [0, 0.05) is 31.8 Å². The molecule has 27 heavy (non-hydrogen) atoms. The highest BCUT2D eigenvalue weighted by Crippen LogP contribution is 2.22. The van der Waals surface area contributed by atoms with E-state index in [-0.39, 0.29) is 5.41 Å². The van der Waals surface area contributed by atoms with Crippen LogP contribution in [0.1, 0.15) is 54.8 Å². The average Bonchev–Trinajstić information content (AvgIpc) is 3.20. The molecule has 0 spiro atoms. The lowest BCUT2D eigenvalue weighted by molar-refractivity contribution is 0.242. The Morgan fingerprint density at radius 3 is 1.78 bits per heavy atom. The maximum Gasteiger partial charge on any atom is 0.133 e. The van der Waals surface area contributed by atoms with E-state index < -0.39 is 0 Å². The van der Waals surface area contributed by atoms with E-state index in [0.717, 1.165) is 49.0 Å². The summed E-state index contributed by atoms with van der Waals surface area (Å²) < 4.78 is 10.4. The van der Waals surface area contributed by atoms with Gasteiger partial charge >= 0.3 is 0 Å². The van der Waals surface area contributed by atoms with Crippen LogP contribution in [0.4, 0.5) is 0 Å². The number of aryl methyl sites for hydroxylation is 2. The van der Waals surface area contributed by atoms with Gasteiger partial charge in [0.15, 0.2) is 0 Å². The molecule has 0 N–H and O–H groups in total. The molecule has 1 aromatic carbocycles. The van der Waals surface area contributed by atoms with Crippen molar-refractivity contribution >= 4 is 0 Å². The highest BCUT2D eigenvalue weighted by molar-refractivity contribution is 5.27. The molecule has 0 aliphatic heterocycles. The minimum absolute atomic E-state index is 0.181. The van der Waals surface area contributed by atoms with Gasteiger partial charge in [0.05, 0.1) is 11.4 Å². The molecule has 0 aliphatic carbocycles. The Bertz CT molecular complexity index is 814. The highest BCUT2D eigenvalue weighted by Gasteiger charge is 2.15. The molecule has 2 aromatic heterocycles. The third-order valence-electron chi connectivity index (χ3n) is 4.66. The van der Waals surface area contributed by atoms with Gasteiger partial charge in [0.2, 0.25) is 0 Å². The first-order chi connectivity index (χ1) is 12.8. The van der Waals surface area contributed by atoms with Crippen LogP contribution in [0.15, 0.2) is 45.4 Å². The van der Waals surface area contributed by atoms with Crippen molar-refractivity contribution in [2.75, 3.05) is 6.54 Å². The van der Waals surface area contributed by atoms with E-state index in [1.165, 1.54) is 11.1 Å². The van der Waals surface area contributed by atoms with Gasteiger partial charge in [0.25, 0.3) is 0 Å². The second-order valence-electron chi connectivity index (χ2n) is 8.27. The van der Waals surface area contributed by atoms with E-state index in [2.05, 4.69) is 60.2 Å². The Kier molecular flexibility index (Phi) is 5.80. The van der Waals surface area contributed by atoms with Crippen molar-refractivity contribution in [3.05, 3.63) is 70.4 Å². The summed E-state index contributed by atoms with van der Waals surface area (Å²) in [5, 5.41) is 8.27. The molecule has 0 unspecified atom stereocenters. The predicted octanol–water partition coefficient (Wildman–Crippen LogP) is 4.82. The Hall–Kier alpha value is -2.40.